The molecule has 0 bridgehead atoms. The molecule has 3 heteroatoms. The highest BCUT2D eigenvalue weighted by Gasteiger charge is 2.15. The second-order valence-corrected chi connectivity index (χ2v) is 3.85. The highest BCUT2D eigenvalue weighted by Crippen LogP contribution is 2.35. The number of fused-ring (bicyclic) bond motifs is 3. The highest BCUT2D eigenvalue weighted by molar-refractivity contribution is 6.09. The number of aryl methyl sites for hydroxylation is 2. The summed E-state index contributed by atoms with van der Waals surface area (Å²) >= 11 is 0. The lowest BCUT2D eigenvalue weighted by molar-refractivity contribution is 0.605. The van der Waals surface area contributed by atoms with Gasteiger partial charge in [-0.25, -0.2) is 0 Å². The van der Waals surface area contributed by atoms with Crippen molar-refractivity contribution in [1.82, 2.24) is 4.57 Å². The number of furan rings is 1. The number of para-hydroxylation sites is 1. The molecule has 15 heavy (non-hydrogen) atoms. The van der Waals surface area contributed by atoms with Crippen LogP contribution in [0.4, 0.5) is 5.88 Å². The van der Waals surface area contributed by atoms with Crippen molar-refractivity contribution < 1.29 is 4.42 Å². The van der Waals surface area contributed by atoms with Gasteiger partial charge in [0.2, 0.25) is 5.71 Å². The Morgan fingerprint density at radius 3 is 2.80 bits per heavy atom. The summed E-state index contributed by atoms with van der Waals surface area (Å²) in [4.78, 5) is 0. The molecular formula is C12H12N2O. The minimum absolute atomic E-state index is 0.515. The Labute approximate surface area is 87.1 Å². The molecule has 0 unspecified atom stereocenters. The van der Waals surface area contributed by atoms with Gasteiger partial charge in [0, 0.05) is 18.0 Å². The van der Waals surface area contributed by atoms with Crippen LogP contribution in [-0.2, 0) is 7.05 Å². The smallest absolute Gasteiger partial charge is 0.210 e. The number of hydrogen-bond donors (Lipinski definition) is 1. The third-order valence-electron chi connectivity index (χ3n) is 3.00. The maximum atomic E-state index is 5.78. The van der Waals surface area contributed by atoms with E-state index in [0.29, 0.717) is 5.88 Å². The number of anilines is 1. The van der Waals surface area contributed by atoms with Crippen LogP contribution in [0, 0.1) is 6.92 Å². The van der Waals surface area contributed by atoms with Crippen molar-refractivity contribution >= 4 is 27.9 Å². The van der Waals surface area contributed by atoms with E-state index in [-0.39, 0.29) is 0 Å². The Balaban J connectivity index is 2.68. The average molecular weight is 200 g/mol. The molecule has 0 fully saturated rings. The summed E-state index contributed by atoms with van der Waals surface area (Å²) in [7, 11) is 1.99. The van der Waals surface area contributed by atoms with Crippen LogP contribution in [0.5, 0.6) is 0 Å². The van der Waals surface area contributed by atoms with Crippen molar-refractivity contribution in [2.75, 3.05) is 5.73 Å². The molecule has 2 aromatic heterocycles. The molecule has 0 aliphatic carbocycles. The van der Waals surface area contributed by atoms with E-state index >= 15 is 0 Å². The Morgan fingerprint density at radius 2 is 2.00 bits per heavy atom. The van der Waals surface area contributed by atoms with Gasteiger partial charge in [0.15, 0.2) is 5.88 Å². The van der Waals surface area contributed by atoms with E-state index in [4.69, 9.17) is 10.2 Å². The predicted molar refractivity (Wildman–Crippen MR) is 61.8 cm³/mol. The molecule has 0 saturated carbocycles. The van der Waals surface area contributed by atoms with Gasteiger partial charge >= 0.3 is 0 Å². The standard InChI is InChI=1S/C12H12N2O/c1-7-10-8-5-3-4-6-9(8)14(2)12(10)15-11(7)13/h3-6H,13H2,1-2H3. The van der Waals surface area contributed by atoms with Gasteiger partial charge in [-0.15, -0.1) is 0 Å². The van der Waals surface area contributed by atoms with Crippen molar-refractivity contribution in [2.45, 2.75) is 6.92 Å². The monoisotopic (exact) mass is 200 g/mol. The molecule has 0 radical (unpaired) electrons. The Kier molecular flexibility index (Phi) is 1.44. The first kappa shape index (κ1) is 8.41. The number of rotatable bonds is 0. The highest BCUT2D eigenvalue weighted by atomic mass is 16.4. The van der Waals surface area contributed by atoms with Crippen molar-refractivity contribution in [3.63, 3.8) is 0 Å². The van der Waals surface area contributed by atoms with E-state index in [9.17, 15) is 0 Å². The predicted octanol–water partition coefficient (Wildman–Crippen LogP) is 2.82. The molecule has 0 aliphatic rings. The second kappa shape index (κ2) is 2.57. The molecule has 1 aromatic carbocycles. The second-order valence-electron chi connectivity index (χ2n) is 3.85. The maximum Gasteiger partial charge on any atom is 0.210 e. The Bertz CT molecular complexity index is 661. The molecule has 3 nitrogen and oxygen atoms in total. The first-order valence-corrected chi connectivity index (χ1v) is 4.92. The van der Waals surface area contributed by atoms with E-state index in [1.807, 2.05) is 30.7 Å². The molecule has 0 atom stereocenters. The number of benzene rings is 1. The Hall–Kier alpha value is -1.90. The summed E-state index contributed by atoms with van der Waals surface area (Å²) in [6.07, 6.45) is 0. The van der Waals surface area contributed by atoms with Crippen molar-refractivity contribution in [3.05, 3.63) is 29.8 Å². The van der Waals surface area contributed by atoms with Crippen LogP contribution in [0.3, 0.4) is 0 Å². The zero-order valence-corrected chi connectivity index (χ0v) is 8.74. The van der Waals surface area contributed by atoms with E-state index in [1.54, 1.807) is 0 Å². The summed E-state index contributed by atoms with van der Waals surface area (Å²) in [5.74, 6) is 0.515. The quantitative estimate of drug-likeness (QED) is 0.606. The van der Waals surface area contributed by atoms with E-state index in [0.717, 1.165) is 16.7 Å². The minimum Gasteiger partial charge on any atom is -0.424 e. The van der Waals surface area contributed by atoms with E-state index < -0.39 is 0 Å². The van der Waals surface area contributed by atoms with Gasteiger partial charge < -0.3 is 14.7 Å². The topological polar surface area (TPSA) is 44.1 Å². The number of nitrogens with zero attached hydrogens (tertiary/aromatic N) is 1. The van der Waals surface area contributed by atoms with Crippen LogP contribution in [-0.4, -0.2) is 4.57 Å². The van der Waals surface area contributed by atoms with Crippen LogP contribution in [0.2, 0.25) is 0 Å². The zero-order chi connectivity index (χ0) is 10.6. The molecule has 2 N–H and O–H groups in total. The van der Waals surface area contributed by atoms with Crippen LogP contribution in [0.15, 0.2) is 28.7 Å². The molecule has 0 spiro atoms. The number of nitrogens with two attached hydrogens (primary N) is 1. The number of hydrogen-bond acceptors (Lipinski definition) is 2. The van der Waals surface area contributed by atoms with Crippen molar-refractivity contribution in [3.8, 4) is 0 Å². The summed E-state index contributed by atoms with van der Waals surface area (Å²) in [6.45, 7) is 1.99. The fraction of sp³-hybridized carbons (Fsp3) is 0.167. The fourth-order valence-corrected chi connectivity index (χ4v) is 2.16. The third-order valence-corrected chi connectivity index (χ3v) is 3.00. The van der Waals surface area contributed by atoms with Gasteiger partial charge in [-0.3, -0.25) is 0 Å². The zero-order valence-electron chi connectivity index (χ0n) is 8.74. The third kappa shape index (κ3) is 0.897. The fourth-order valence-electron chi connectivity index (χ4n) is 2.16. The van der Waals surface area contributed by atoms with Crippen LogP contribution in [0.1, 0.15) is 5.56 Å². The van der Waals surface area contributed by atoms with Gasteiger partial charge in [0.25, 0.3) is 0 Å². The van der Waals surface area contributed by atoms with Crippen LogP contribution >= 0.6 is 0 Å². The summed E-state index contributed by atoms with van der Waals surface area (Å²) in [5.41, 5.74) is 8.83. The van der Waals surface area contributed by atoms with Gasteiger partial charge in [0.05, 0.1) is 10.9 Å². The molecule has 76 valence electrons. The first-order chi connectivity index (χ1) is 7.20. The summed E-state index contributed by atoms with van der Waals surface area (Å²) in [5, 5.41) is 2.33. The number of nitrogen functional groups attached to an aromatic ring is 1. The summed E-state index contributed by atoms with van der Waals surface area (Å²) < 4.78 is 7.59. The lowest BCUT2D eigenvalue weighted by Gasteiger charge is -1.95. The molecule has 0 saturated heterocycles. The molecule has 0 aliphatic heterocycles. The van der Waals surface area contributed by atoms with Crippen LogP contribution in [0.25, 0.3) is 22.0 Å². The van der Waals surface area contributed by atoms with Gasteiger partial charge in [-0.2, -0.15) is 0 Å². The van der Waals surface area contributed by atoms with E-state index in [2.05, 4.69) is 12.1 Å². The first-order valence-electron chi connectivity index (χ1n) is 4.92. The molecule has 3 rings (SSSR count). The van der Waals surface area contributed by atoms with Crippen molar-refractivity contribution in [1.29, 1.82) is 0 Å². The van der Waals surface area contributed by atoms with Gasteiger partial charge in [-0.05, 0) is 13.0 Å². The molecule has 2 heterocycles. The largest absolute Gasteiger partial charge is 0.424 e. The number of aromatic nitrogens is 1. The lowest BCUT2D eigenvalue weighted by Crippen LogP contribution is -1.86. The molecule has 0 amide bonds. The molecule has 3 aromatic rings. The molecular weight excluding hydrogens is 188 g/mol. The SMILES string of the molecule is Cc1c(N)oc2c1c1ccccc1n2C. The Morgan fingerprint density at radius 1 is 1.27 bits per heavy atom. The van der Waals surface area contributed by atoms with Crippen molar-refractivity contribution in [2.24, 2.45) is 7.05 Å². The normalized spacial score (nSPS) is 11.6. The summed E-state index contributed by atoms with van der Waals surface area (Å²) in [6, 6.07) is 8.24. The minimum atomic E-state index is 0.515. The van der Waals surface area contributed by atoms with Gasteiger partial charge in [-0.1, -0.05) is 18.2 Å². The van der Waals surface area contributed by atoms with E-state index in [1.165, 1.54) is 10.9 Å². The maximum absolute atomic E-state index is 5.78. The average Bonchev–Trinajstić information content (AvgIpc) is 2.68. The van der Waals surface area contributed by atoms with Crippen LogP contribution < -0.4 is 5.73 Å². The van der Waals surface area contributed by atoms with Gasteiger partial charge in [0.1, 0.15) is 0 Å². The lowest BCUT2D eigenvalue weighted by atomic mass is 10.1.